The molecule has 0 atom stereocenters. The molecule has 0 aromatic heterocycles. The zero-order valence-corrected chi connectivity index (χ0v) is 16.7. The molecule has 0 aliphatic rings. The van der Waals surface area contributed by atoms with Crippen molar-refractivity contribution in [3.63, 3.8) is 0 Å². The lowest BCUT2D eigenvalue weighted by Crippen LogP contribution is -2.31. The van der Waals surface area contributed by atoms with E-state index in [9.17, 15) is 22.9 Å². The van der Waals surface area contributed by atoms with Gasteiger partial charge >= 0.3 is 0 Å². The standard InChI is InChI=1S/C17H18ClFN4O4S/c1-3-22(4-2)28(26,27)17-10-12(23(24)25)8-9-16(17)21-20-11-13-14(18)6-5-7-15(13)19/h5-11,21H,3-4H2,1-2H3/b20-11+. The van der Waals surface area contributed by atoms with Crippen LogP contribution in [-0.2, 0) is 10.0 Å². The van der Waals surface area contributed by atoms with Crippen LogP contribution in [0.2, 0.25) is 5.02 Å². The molecule has 0 heterocycles. The molecular formula is C17H18ClFN4O4S. The van der Waals surface area contributed by atoms with Crippen LogP contribution in [-0.4, -0.2) is 37.0 Å². The number of rotatable bonds is 8. The van der Waals surface area contributed by atoms with E-state index in [1.807, 2.05) is 0 Å². The molecule has 0 aliphatic carbocycles. The number of non-ortho nitro benzene ring substituents is 1. The fourth-order valence-corrected chi connectivity index (χ4v) is 4.26. The molecule has 0 amide bonds. The van der Waals surface area contributed by atoms with Crippen molar-refractivity contribution in [1.82, 2.24) is 4.31 Å². The number of hydrogen-bond acceptors (Lipinski definition) is 6. The number of nitrogens with zero attached hydrogens (tertiary/aromatic N) is 3. The average Bonchev–Trinajstić information content (AvgIpc) is 2.64. The summed E-state index contributed by atoms with van der Waals surface area (Å²) < 4.78 is 40.7. The Bertz CT molecular complexity index is 990. The Morgan fingerprint density at radius 2 is 1.96 bits per heavy atom. The highest BCUT2D eigenvalue weighted by Gasteiger charge is 2.27. The molecule has 2 rings (SSSR count). The van der Waals surface area contributed by atoms with Crippen molar-refractivity contribution >= 4 is 39.2 Å². The molecule has 0 fully saturated rings. The van der Waals surface area contributed by atoms with Crippen molar-refractivity contribution < 1.29 is 17.7 Å². The lowest BCUT2D eigenvalue weighted by Gasteiger charge is -2.20. The summed E-state index contributed by atoms with van der Waals surface area (Å²) in [5, 5.41) is 15.0. The van der Waals surface area contributed by atoms with E-state index in [1.165, 1.54) is 24.3 Å². The molecule has 28 heavy (non-hydrogen) atoms. The van der Waals surface area contributed by atoms with Gasteiger partial charge in [0.2, 0.25) is 10.0 Å². The highest BCUT2D eigenvalue weighted by Crippen LogP contribution is 2.29. The Labute approximate surface area is 166 Å². The predicted molar refractivity (Wildman–Crippen MR) is 106 cm³/mol. The SMILES string of the molecule is CCN(CC)S(=O)(=O)c1cc([N+](=O)[O-])ccc1N/N=C/c1c(F)cccc1Cl. The van der Waals surface area contributed by atoms with Crippen molar-refractivity contribution in [1.29, 1.82) is 0 Å². The van der Waals surface area contributed by atoms with Crippen LogP contribution in [0.1, 0.15) is 19.4 Å². The average molecular weight is 429 g/mol. The van der Waals surface area contributed by atoms with E-state index in [1.54, 1.807) is 13.8 Å². The highest BCUT2D eigenvalue weighted by molar-refractivity contribution is 7.89. The summed E-state index contributed by atoms with van der Waals surface area (Å²) in [5.41, 5.74) is 2.16. The van der Waals surface area contributed by atoms with Crippen molar-refractivity contribution in [3.05, 3.63) is 62.9 Å². The van der Waals surface area contributed by atoms with Gasteiger partial charge in [0.25, 0.3) is 5.69 Å². The normalized spacial score (nSPS) is 11.9. The number of halogens is 2. The molecule has 0 saturated heterocycles. The summed E-state index contributed by atoms with van der Waals surface area (Å²) in [6.45, 7) is 3.69. The molecule has 0 spiro atoms. The number of hydrogen-bond donors (Lipinski definition) is 1. The van der Waals surface area contributed by atoms with Gasteiger partial charge < -0.3 is 0 Å². The minimum absolute atomic E-state index is 0.0150. The topological polar surface area (TPSA) is 105 Å². The third kappa shape index (κ3) is 4.64. The first kappa shape index (κ1) is 21.7. The van der Waals surface area contributed by atoms with E-state index in [-0.39, 0.29) is 39.9 Å². The first-order valence-electron chi connectivity index (χ1n) is 8.24. The molecule has 0 aliphatic heterocycles. The summed E-state index contributed by atoms with van der Waals surface area (Å²) in [5.74, 6) is -0.599. The molecule has 1 N–H and O–H groups in total. The van der Waals surface area contributed by atoms with Crippen molar-refractivity contribution in [2.24, 2.45) is 5.10 Å². The van der Waals surface area contributed by atoms with Crippen molar-refractivity contribution in [2.45, 2.75) is 18.7 Å². The number of nitrogens with one attached hydrogen (secondary N) is 1. The van der Waals surface area contributed by atoms with Gasteiger partial charge in [-0.2, -0.15) is 9.41 Å². The Morgan fingerprint density at radius 1 is 1.29 bits per heavy atom. The maximum absolute atomic E-state index is 13.8. The molecule has 0 unspecified atom stereocenters. The Morgan fingerprint density at radius 3 is 2.54 bits per heavy atom. The number of anilines is 1. The fraction of sp³-hybridized carbons (Fsp3) is 0.235. The first-order chi connectivity index (χ1) is 13.2. The van der Waals surface area contributed by atoms with Crippen LogP contribution in [0.5, 0.6) is 0 Å². The van der Waals surface area contributed by atoms with Gasteiger partial charge in [-0.3, -0.25) is 15.5 Å². The van der Waals surface area contributed by atoms with Crippen molar-refractivity contribution in [2.75, 3.05) is 18.5 Å². The molecule has 2 aromatic carbocycles. The van der Waals surface area contributed by atoms with Gasteiger partial charge in [0, 0.05) is 30.8 Å². The molecule has 2 aromatic rings. The quantitative estimate of drug-likeness (QED) is 0.390. The summed E-state index contributed by atoms with van der Waals surface area (Å²) in [4.78, 5) is 10.1. The molecule has 8 nitrogen and oxygen atoms in total. The highest BCUT2D eigenvalue weighted by atomic mass is 35.5. The number of benzene rings is 2. The van der Waals surface area contributed by atoms with Crippen LogP contribution < -0.4 is 5.43 Å². The van der Waals surface area contributed by atoms with Gasteiger partial charge in [0.05, 0.1) is 21.8 Å². The molecule has 0 bridgehead atoms. The van der Waals surface area contributed by atoms with E-state index in [4.69, 9.17) is 11.6 Å². The second-order valence-electron chi connectivity index (χ2n) is 5.53. The van der Waals surface area contributed by atoms with E-state index in [2.05, 4.69) is 10.5 Å². The lowest BCUT2D eigenvalue weighted by molar-refractivity contribution is -0.385. The summed E-state index contributed by atoms with van der Waals surface area (Å²) in [6, 6.07) is 7.46. The third-order valence-electron chi connectivity index (χ3n) is 3.88. The van der Waals surface area contributed by atoms with Crippen LogP contribution in [0.3, 0.4) is 0 Å². The molecule has 11 heteroatoms. The van der Waals surface area contributed by atoms with Crippen LogP contribution in [0.25, 0.3) is 0 Å². The van der Waals surface area contributed by atoms with Gasteiger partial charge in [-0.15, -0.1) is 0 Å². The minimum atomic E-state index is -4.01. The zero-order chi connectivity index (χ0) is 20.9. The van der Waals surface area contributed by atoms with Crippen LogP contribution in [0.4, 0.5) is 15.8 Å². The van der Waals surface area contributed by atoms with Gasteiger partial charge in [0.1, 0.15) is 10.7 Å². The Balaban J connectivity index is 2.47. The second kappa shape index (κ2) is 9.09. The summed E-state index contributed by atoms with van der Waals surface area (Å²) >= 11 is 5.91. The van der Waals surface area contributed by atoms with Crippen LogP contribution in [0, 0.1) is 15.9 Å². The molecule has 0 saturated carbocycles. The Hall–Kier alpha value is -2.56. The number of hydrazone groups is 1. The summed E-state index contributed by atoms with van der Waals surface area (Å²) in [6.07, 6.45) is 1.10. The van der Waals surface area contributed by atoms with E-state index in [0.29, 0.717) is 0 Å². The zero-order valence-electron chi connectivity index (χ0n) is 15.1. The summed E-state index contributed by atoms with van der Waals surface area (Å²) in [7, 11) is -4.01. The number of nitro groups is 1. The van der Waals surface area contributed by atoms with E-state index >= 15 is 0 Å². The smallest absolute Gasteiger partial charge is 0.270 e. The molecule has 0 radical (unpaired) electrons. The maximum Gasteiger partial charge on any atom is 0.270 e. The van der Waals surface area contributed by atoms with Crippen LogP contribution in [0.15, 0.2) is 46.4 Å². The van der Waals surface area contributed by atoms with Crippen molar-refractivity contribution in [3.8, 4) is 0 Å². The number of sulfonamides is 1. The predicted octanol–water partition coefficient (Wildman–Crippen LogP) is 3.86. The monoisotopic (exact) mass is 428 g/mol. The maximum atomic E-state index is 13.8. The molecule has 150 valence electrons. The van der Waals surface area contributed by atoms with Gasteiger partial charge in [-0.05, 0) is 18.2 Å². The van der Waals surface area contributed by atoms with Gasteiger partial charge in [0.15, 0.2) is 0 Å². The van der Waals surface area contributed by atoms with E-state index < -0.39 is 20.8 Å². The van der Waals surface area contributed by atoms with E-state index in [0.717, 1.165) is 22.7 Å². The minimum Gasteiger partial charge on any atom is -0.277 e. The lowest BCUT2D eigenvalue weighted by atomic mass is 10.2. The van der Waals surface area contributed by atoms with Gasteiger partial charge in [-0.1, -0.05) is 31.5 Å². The molecular weight excluding hydrogens is 411 g/mol. The van der Waals surface area contributed by atoms with Gasteiger partial charge in [-0.25, -0.2) is 12.8 Å². The largest absolute Gasteiger partial charge is 0.277 e. The fourth-order valence-electron chi connectivity index (χ4n) is 2.43. The third-order valence-corrected chi connectivity index (χ3v) is 6.30. The Kier molecular flexibility index (Phi) is 7.05. The number of nitro benzene ring substituents is 1. The second-order valence-corrected chi connectivity index (χ2v) is 7.85. The first-order valence-corrected chi connectivity index (χ1v) is 10.1. The van der Waals surface area contributed by atoms with Crippen LogP contribution >= 0.6 is 11.6 Å².